The monoisotopic (exact) mass is 192 g/mol. The van der Waals surface area contributed by atoms with Crippen molar-refractivity contribution in [3.8, 4) is 11.5 Å². The summed E-state index contributed by atoms with van der Waals surface area (Å²) in [6, 6.07) is 8.24. The Hall–Kier alpha value is -1.71. The van der Waals surface area contributed by atoms with Crippen LogP contribution in [-0.2, 0) is 4.79 Å². The van der Waals surface area contributed by atoms with E-state index in [1.165, 1.54) is 0 Å². The summed E-state index contributed by atoms with van der Waals surface area (Å²) in [6.45, 7) is 0.355. The average molecular weight is 192 g/mol. The van der Waals surface area contributed by atoms with Crippen LogP contribution in [0.1, 0.15) is 6.42 Å². The molecule has 2 N–H and O–H groups in total. The molecule has 1 amide bonds. The van der Waals surface area contributed by atoms with Crippen LogP contribution in [0, 0.1) is 6.07 Å². The van der Waals surface area contributed by atoms with Crippen molar-refractivity contribution in [2.75, 3.05) is 6.61 Å². The first kappa shape index (κ1) is 8.87. The summed E-state index contributed by atoms with van der Waals surface area (Å²) >= 11 is 0. The molecule has 1 unspecified atom stereocenters. The van der Waals surface area contributed by atoms with E-state index >= 15 is 0 Å². The van der Waals surface area contributed by atoms with Crippen LogP contribution in [0.25, 0.3) is 0 Å². The van der Waals surface area contributed by atoms with Gasteiger partial charge in [0.25, 0.3) is 0 Å². The molecule has 0 saturated heterocycles. The molecule has 73 valence electrons. The van der Waals surface area contributed by atoms with Gasteiger partial charge in [0.2, 0.25) is 5.91 Å². The molecule has 0 saturated carbocycles. The van der Waals surface area contributed by atoms with Gasteiger partial charge in [-0.1, -0.05) is 12.1 Å². The summed E-state index contributed by atoms with van der Waals surface area (Å²) in [5, 5.41) is 0. The van der Waals surface area contributed by atoms with E-state index in [1.807, 2.05) is 6.07 Å². The maximum Gasteiger partial charge on any atom is 0.221 e. The molecule has 0 aliphatic carbocycles. The molecule has 14 heavy (non-hydrogen) atoms. The second kappa shape index (κ2) is 3.57. The average Bonchev–Trinajstić information content (AvgIpc) is 2.17. The molecular formula is C10H10NO3. The number of fused-ring (bicyclic) bond motifs is 1. The standard InChI is InChI=1S/C10H10NO3/c11-10(12)5-7-6-13-8-3-1-2-4-9(8)14-7/h1-3,7H,5-6H2,(H2,11,12). The first-order valence-corrected chi connectivity index (χ1v) is 4.34. The molecule has 1 aliphatic rings. The second-order valence-electron chi connectivity index (χ2n) is 3.08. The maximum absolute atomic E-state index is 10.7. The lowest BCUT2D eigenvalue weighted by Gasteiger charge is -2.25. The Balaban J connectivity index is 2.09. The van der Waals surface area contributed by atoms with Crippen LogP contribution < -0.4 is 15.2 Å². The smallest absolute Gasteiger partial charge is 0.221 e. The van der Waals surface area contributed by atoms with Gasteiger partial charge in [-0.15, -0.1) is 0 Å². The van der Waals surface area contributed by atoms with Crippen LogP contribution in [-0.4, -0.2) is 18.6 Å². The topological polar surface area (TPSA) is 61.6 Å². The molecule has 1 aromatic carbocycles. The van der Waals surface area contributed by atoms with E-state index in [9.17, 15) is 4.79 Å². The molecule has 1 aromatic rings. The number of para-hydroxylation sites is 1. The number of primary amides is 1. The zero-order chi connectivity index (χ0) is 9.97. The first-order valence-electron chi connectivity index (χ1n) is 4.34. The summed E-state index contributed by atoms with van der Waals surface area (Å²) < 4.78 is 10.8. The molecule has 1 radical (unpaired) electrons. The normalized spacial score (nSPS) is 19.0. The van der Waals surface area contributed by atoms with E-state index in [2.05, 4.69) is 6.07 Å². The maximum atomic E-state index is 10.7. The van der Waals surface area contributed by atoms with Crippen molar-refractivity contribution in [3.63, 3.8) is 0 Å². The molecule has 0 aromatic heterocycles. The molecule has 4 nitrogen and oxygen atoms in total. The van der Waals surface area contributed by atoms with Crippen molar-refractivity contribution in [1.82, 2.24) is 0 Å². The second-order valence-corrected chi connectivity index (χ2v) is 3.08. The van der Waals surface area contributed by atoms with Crippen LogP contribution in [0.2, 0.25) is 0 Å². The molecule has 0 bridgehead atoms. The summed E-state index contributed by atoms with van der Waals surface area (Å²) in [7, 11) is 0. The van der Waals surface area contributed by atoms with Crippen LogP contribution >= 0.6 is 0 Å². The molecule has 0 spiro atoms. The highest BCUT2D eigenvalue weighted by Crippen LogP contribution is 2.30. The highest BCUT2D eigenvalue weighted by molar-refractivity contribution is 5.74. The Morgan fingerprint density at radius 1 is 1.71 bits per heavy atom. The van der Waals surface area contributed by atoms with Gasteiger partial charge in [-0.3, -0.25) is 4.79 Å². The van der Waals surface area contributed by atoms with E-state index < -0.39 is 5.91 Å². The minimum Gasteiger partial charge on any atom is -0.486 e. The van der Waals surface area contributed by atoms with Crippen molar-refractivity contribution in [2.24, 2.45) is 5.73 Å². The van der Waals surface area contributed by atoms with E-state index in [4.69, 9.17) is 15.2 Å². The highest BCUT2D eigenvalue weighted by atomic mass is 16.6. The fraction of sp³-hybridized carbons (Fsp3) is 0.300. The van der Waals surface area contributed by atoms with Crippen LogP contribution in [0.4, 0.5) is 0 Å². The molecule has 1 heterocycles. The molecular weight excluding hydrogens is 182 g/mol. The number of carbonyl (C=O) groups excluding carboxylic acids is 1. The van der Waals surface area contributed by atoms with Gasteiger partial charge < -0.3 is 15.2 Å². The number of hydrogen-bond acceptors (Lipinski definition) is 3. The first-order chi connectivity index (χ1) is 6.75. The van der Waals surface area contributed by atoms with Crippen molar-refractivity contribution >= 4 is 5.91 Å². The van der Waals surface area contributed by atoms with Gasteiger partial charge in [0.15, 0.2) is 11.5 Å². The third-order valence-corrected chi connectivity index (χ3v) is 1.92. The lowest BCUT2D eigenvalue weighted by Crippen LogP contribution is -2.33. The van der Waals surface area contributed by atoms with E-state index in [0.717, 1.165) is 0 Å². The van der Waals surface area contributed by atoms with Gasteiger partial charge >= 0.3 is 0 Å². The van der Waals surface area contributed by atoms with Crippen LogP contribution in [0.15, 0.2) is 18.2 Å². The summed E-state index contributed by atoms with van der Waals surface area (Å²) in [5.74, 6) is 0.816. The van der Waals surface area contributed by atoms with Gasteiger partial charge in [0, 0.05) is 6.07 Å². The van der Waals surface area contributed by atoms with Crippen molar-refractivity contribution in [1.29, 1.82) is 0 Å². The molecule has 0 fully saturated rings. The molecule has 4 heteroatoms. The Morgan fingerprint density at radius 2 is 2.57 bits per heavy atom. The molecule has 2 rings (SSSR count). The number of rotatable bonds is 2. The number of hydrogen-bond donors (Lipinski definition) is 1. The van der Waals surface area contributed by atoms with E-state index in [1.54, 1.807) is 12.1 Å². The Kier molecular flexibility index (Phi) is 2.26. The predicted octanol–water partition coefficient (Wildman–Crippen LogP) is 0.502. The minimum absolute atomic E-state index is 0.169. The van der Waals surface area contributed by atoms with Gasteiger partial charge in [-0.25, -0.2) is 0 Å². The van der Waals surface area contributed by atoms with Gasteiger partial charge in [-0.05, 0) is 6.07 Å². The third-order valence-electron chi connectivity index (χ3n) is 1.92. The Bertz CT molecular complexity index is 351. The van der Waals surface area contributed by atoms with E-state index in [0.29, 0.717) is 18.1 Å². The predicted molar refractivity (Wildman–Crippen MR) is 49.0 cm³/mol. The number of ether oxygens (including phenoxy) is 2. The number of carbonyl (C=O) groups is 1. The fourth-order valence-corrected chi connectivity index (χ4v) is 1.32. The fourth-order valence-electron chi connectivity index (χ4n) is 1.32. The third kappa shape index (κ3) is 1.79. The SMILES string of the molecule is NC(=O)CC1COc2ccc[c]c2O1. The number of benzene rings is 1. The summed E-state index contributed by atoms with van der Waals surface area (Å²) in [4.78, 5) is 10.7. The van der Waals surface area contributed by atoms with Gasteiger partial charge in [0.05, 0.1) is 6.42 Å². The highest BCUT2D eigenvalue weighted by Gasteiger charge is 2.21. The van der Waals surface area contributed by atoms with E-state index in [-0.39, 0.29) is 12.5 Å². The lowest BCUT2D eigenvalue weighted by atomic mass is 10.2. The van der Waals surface area contributed by atoms with Crippen LogP contribution in [0.3, 0.4) is 0 Å². The Morgan fingerprint density at radius 3 is 3.36 bits per heavy atom. The molecule has 1 atom stereocenters. The van der Waals surface area contributed by atoms with Gasteiger partial charge in [0.1, 0.15) is 12.7 Å². The van der Waals surface area contributed by atoms with Gasteiger partial charge in [-0.2, -0.15) is 0 Å². The Labute approximate surface area is 81.6 Å². The zero-order valence-electron chi connectivity index (χ0n) is 7.53. The largest absolute Gasteiger partial charge is 0.486 e. The quantitative estimate of drug-likeness (QED) is 0.742. The van der Waals surface area contributed by atoms with Crippen molar-refractivity contribution < 1.29 is 14.3 Å². The number of nitrogens with two attached hydrogens (primary N) is 1. The number of amides is 1. The lowest BCUT2D eigenvalue weighted by molar-refractivity contribution is -0.120. The van der Waals surface area contributed by atoms with Crippen molar-refractivity contribution in [2.45, 2.75) is 12.5 Å². The summed E-state index contributed by atoms with van der Waals surface area (Å²) in [5.41, 5.74) is 5.06. The summed E-state index contributed by atoms with van der Waals surface area (Å²) in [6.07, 6.45) is -0.124. The zero-order valence-corrected chi connectivity index (χ0v) is 7.53. The molecule has 1 aliphatic heterocycles. The minimum atomic E-state index is -0.391. The van der Waals surface area contributed by atoms with Crippen LogP contribution in [0.5, 0.6) is 11.5 Å². The van der Waals surface area contributed by atoms with Crippen molar-refractivity contribution in [3.05, 3.63) is 24.3 Å².